The number of methoxy groups -OCH3 is 2. The lowest BCUT2D eigenvalue weighted by Crippen LogP contribution is -2.39. The van der Waals surface area contributed by atoms with Crippen molar-refractivity contribution in [1.82, 2.24) is 10.2 Å². The van der Waals surface area contributed by atoms with Gasteiger partial charge in [0, 0.05) is 24.4 Å². The molecule has 1 heterocycles. The second kappa shape index (κ2) is 8.17. The van der Waals surface area contributed by atoms with Crippen LogP contribution in [0.3, 0.4) is 0 Å². The Bertz CT molecular complexity index is 510. The quantitative estimate of drug-likeness (QED) is 0.816. The van der Waals surface area contributed by atoms with Crippen LogP contribution < -0.4 is 14.8 Å². The van der Waals surface area contributed by atoms with Crippen LogP contribution >= 0.6 is 11.8 Å². The predicted octanol–water partition coefficient (Wildman–Crippen LogP) is 3.26. The second-order valence-electron chi connectivity index (χ2n) is 5.08. The highest BCUT2D eigenvalue weighted by Crippen LogP contribution is 2.44. The van der Waals surface area contributed by atoms with Gasteiger partial charge in [-0.2, -0.15) is 0 Å². The molecular weight excluding hydrogens is 300 g/mol. The number of thioether (sulfide) groups is 1. The van der Waals surface area contributed by atoms with Crippen LogP contribution in [-0.2, 0) is 0 Å². The third-order valence-corrected chi connectivity index (χ3v) is 4.90. The molecule has 0 bridgehead atoms. The minimum Gasteiger partial charge on any atom is -0.493 e. The van der Waals surface area contributed by atoms with Gasteiger partial charge in [0.25, 0.3) is 0 Å². The number of nitrogens with one attached hydrogen (secondary N) is 1. The van der Waals surface area contributed by atoms with Gasteiger partial charge < -0.3 is 19.7 Å². The second-order valence-corrected chi connectivity index (χ2v) is 6.27. The van der Waals surface area contributed by atoms with E-state index in [1.165, 1.54) is 0 Å². The van der Waals surface area contributed by atoms with Crippen LogP contribution in [0.15, 0.2) is 18.2 Å². The van der Waals surface area contributed by atoms with Gasteiger partial charge in [-0.1, -0.05) is 25.5 Å². The van der Waals surface area contributed by atoms with Crippen molar-refractivity contribution < 1.29 is 14.3 Å². The maximum Gasteiger partial charge on any atom is 0.318 e. The summed E-state index contributed by atoms with van der Waals surface area (Å²) in [6.07, 6.45) is 2.07. The fourth-order valence-electron chi connectivity index (χ4n) is 2.52. The van der Waals surface area contributed by atoms with E-state index in [0.29, 0.717) is 11.5 Å². The molecule has 22 heavy (non-hydrogen) atoms. The van der Waals surface area contributed by atoms with Crippen molar-refractivity contribution in [3.63, 3.8) is 0 Å². The Morgan fingerprint density at radius 2 is 2.23 bits per heavy atom. The SMILES string of the molecule is CCCCNC(=O)N1CCSC1c1cccc(OC)c1OC. The number of para-hydroxylation sites is 1. The number of amides is 2. The molecule has 2 amide bonds. The van der Waals surface area contributed by atoms with Gasteiger partial charge in [0.05, 0.1) is 14.2 Å². The average Bonchev–Trinajstić information content (AvgIpc) is 3.03. The first kappa shape index (κ1) is 16.8. The van der Waals surface area contributed by atoms with Gasteiger partial charge in [0.1, 0.15) is 5.37 Å². The summed E-state index contributed by atoms with van der Waals surface area (Å²) in [4.78, 5) is 14.3. The van der Waals surface area contributed by atoms with Gasteiger partial charge in [0.15, 0.2) is 11.5 Å². The number of urea groups is 1. The van der Waals surface area contributed by atoms with Crippen LogP contribution in [-0.4, -0.2) is 44.0 Å². The van der Waals surface area contributed by atoms with Gasteiger partial charge in [-0.15, -0.1) is 11.8 Å². The molecule has 1 saturated heterocycles. The van der Waals surface area contributed by atoms with Gasteiger partial charge in [-0.25, -0.2) is 4.79 Å². The summed E-state index contributed by atoms with van der Waals surface area (Å²) in [5.41, 5.74) is 0.981. The Balaban J connectivity index is 2.18. The first-order valence-corrected chi connectivity index (χ1v) is 8.64. The molecule has 2 rings (SSSR count). The Labute approximate surface area is 136 Å². The summed E-state index contributed by atoms with van der Waals surface area (Å²) in [5.74, 6) is 2.32. The maximum absolute atomic E-state index is 12.4. The van der Waals surface area contributed by atoms with Crippen LogP contribution in [0.1, 0.15) is 30.7 Å². The predicted molar refractivity (Wildman–Crippen MR) is 89.8 cm³/mol. The monoisotopic (exact) mass is 324 g/mol. The summed E-state index contributed by atoms with van der Waals surface area (Å²) < 4.78 is 10.9. The largest absolute Gasteiger partial charge is 0.493 e. The lowest BCUT2D eigenvalue weighted by Gasteiger charge is -2.26. The molecule has 1 aliphatic heterocycles. The molecule has 6 heteroatoms. The highest BCUT2D eigenvalue weighted by molar-refractivity contribution is 7.99. The lowest BCUT2D eigenvalue weighted by molar-refractivity contribution is 0.199. The van der Waals surface area contributed by atoms with Crippen LogP contribution in [0.5, 0.6) is 11.5 Å². The van der Waals surface area contributed by atoms with E-state index in [0.717, 1.165) is 37.2 Å². The van der Waals surface area contributed by atoms with Crippen molar-refractivity contribution in [1.29, 1.82) is 0 Å². The topological polar surface area (TPSA) is 50.8 Å². The van der Waals surface area contributed by atoms with Gasteiger partial charge in [-0.3, -0.25) is 0 Å². The number of nitrogens with zero attached hydrogens (tertiary/aromatic N) is 1. The Morgan fingerprint density at radius 1 is 1.41 bits per heavy atom. The van der Waals surface area contributed by atoms with Gasteiger partial charge in [0.2, 0.25) is 0 Å². The molecule has 122 valence electrons. The third kappa shape index (κ3) is 3.61. The van der Waals surface area contributed by atoms with E-state index in [1.807, 2.05) is 23.1 Å². The molecule has 1 unspecified atom stereocenters. The van der Waals surface area contributed by atoms with Gasteiger partial charge in [-0.05, 0) is 12.5 Å². The first-order chi connectivity index (χ1) is 10.7. The molecule has 1 fully saturated rings. The van der Waals surface area contributed by atoms with Crippen molar-refractivity contribution in [3.05, 3.63) is 23.8 Å². The van der Waals surface area contributed by atoms with E-state index in [1.54, 1.807) is 26.0 Å². The average molecular weight is 324 g/mol. The number of carbonyl (C=O) groups is 1. The molecule has 1 aromatic carbocycles. The van der Waals surface area contributed by atoms with Crippen LogP contribution in [0.2, 0.25) is 0 Å². The van der Waals surface area contributed by atoms with Crippen molar-refractivity contribution in [3.8, 4) is 11.5 Å². The molecule has 0 aromatic heterocycles. The number of ether oxygens (including phenoxy) is 2. The molecule has 1 aliphatic rings. The number of rotatable bonds is 6. The molecule has 0 saturated carbocycles. The summed E-state index contributed by atoms with van der Waals surface area (Å²) in [5, 5.41) is 2.96. The number of hydrogen-bond donors (Lipinski definition) is 1. The summed E-state index contributed by atoms with van der Waals surface area (Å²) in [6.45, 7) is 3.58. The Kier molecular flexibility index (Phi) is 6.24. The lowest BCUT2D eigenvalue weighted by atomic mass is 10.1. The van der Waals surface area contributed by atoms with Crippen LogP contribution in [0, 0.1) is 0 Å². The minimum absolute atomic E-state index is 0.00618. The van der Waals surface area contributed by atoms with E-state index < -0.39 is 0 Å². The molecule has 1 N–H and O–H groups in total. The molecule has 1 atom stereocenters. The molecule has 0 spiro atoms. The van der Waals surface area contributed by atoms with Crippen LogP contribution in [0.4, 0.5) is 4.79 Å². The molecular formula is C16H24N2O3S. The van der Waals surface area contributed by atoms with Crippen molar-refractivity contribution >= 4 is 17.8 Å². The summed E-state index contributed by atoms with van der Waals surface area (Å²) in [7, 11) is 3.26. The third-order valence-electron chi connectivity index (χ3n) is 3.66. The molecule has 0 aliphatic carbocycles. The highest BCUT2D eigenvalue weighted by Gasteiger charge is 2.33. The van der Waals surface area contributed by atoms with Crippen LogP contribution in [0.25, 0.3) is 0 Å². The maximum atomic E-state index is 12.4. The number of unbranched alkanes of at least 4 members (excludes halogenated alkanes) is 1. The van der Waals surface area contributed by atoms with E-state index in [2.05, 4.69) is 12.2 Å². The van der Waals surface area contributed by atoms with E-state index in [4.69, 9.17) is 9.47 Å². The number of hydrogen-bond acceptors (Lipinski definition) is 4. The molecule has 5 nitrogen and oxygen atoms in total. The minimum atomic E-state index is -0.0355. The molecule has 1 aromatic rings. The van der Waals surface area contributed by atoms with Crippen molar-refractivity contribution in [2.24, 2.45) is 0 Å². The normalized spacial score (nSPS) is 17.4. The van der Waals surface area contributed by atoms with Crippen molar-refractivity contribution in [2.75, 3.05) is 33.1 Å². The zero-order valence-electron chi connectivity index (χ0n) is 13.4. The zero-order valence-corrected chi connectivity index (χ0v) is 14.2. The zero-order chi connectivity index (χ0) is 15.9. The van der Waals surface area contributed by atoms with E-state index >= 15 is 0 Å². The smallest absolute Gasteiger partial charge is 0.318 e. The van der Waals surface area contributed by atoms with E-state index in [9.17, 15) is 4.79 Å². The van der Waals surface area contributed by atoms with Crippen molar-refractivity contribution in [2.45, 2.75) is 25.1 Å². The fourth-order valence-corrected chi connectivity index (χ4v) is 3.79. The summed E-state index contributed by atoms with van der Waals surface area (Å²) in [6, 6.07) is 5.79. The molecule has 0 radical (unpaired) electrons. The highest BCUT2D eigenvalue weighted by atomic mass is 32.2. The summed E-state index contributed by atoms with van der Waals surface area (Å²) >= 11 is 1.75. The number of carbonyl (C=O) groups excluding carboxylic acids is 1. The first-order valence-electron chi connectivity index (χ1n) is 7.59. The Hall–Kier alpha value is -1.56. The standard InChI is InChI=1S/C16H24N2O3S/c1-4-5-9-17-16(19)18-10-11-22-15(18)12-7-6-8-13(20-2)14(12)21-3/h6-8,15H,4-5,9-11H2,1-3H3,(H,17,19). The Morgan fingerprint density at radius 3 is 2.91 bits per heavy atom. The fraction of sp³-hybridized carbons (Fsp3) is 0.562. The number of benzene rings is 1. The van der Waals surface area contributed by atoms with E-state index in [-0.39, 0.29) is 11.4 Å². The van der Waals surface area contributed by atoms with Gasteiger partial charge >= 0.3 is 6.03 Å².